The van der Waals surface area contributed by atoms with E-state index >= 15 is 0 Å². The molecule has 0 N–H and O–H groups in total. The molecule has 0 radical (unpaired) electrons. The van der Waals surface area contributed by atoms with E-state index in [2.05, 4.69) is 5.10 Å². The number of hydrogen-bond donors (Lipinski definition) is 0. The third-order valence-electron chi connectivity index (χ3n) is 3.89. The molecular formula is C18H19N3O4. The summed E-state index contributed by atoms with van der Waals surface area (Å²) in [5.74, 6) is 0.520. The minimum absolute atomic E-state index is 0.00732. The Morgan fingerprint density at radius 1 is 1.32 bits per heavy atom. The third-order valence-corrected chi connectivity index (χ3v) is 3.89. The summed E-state index contributed by atoms with van der Waals surface area (Å²) in [4.78, 5) is 25.6. The monoisotopic (exact) mass is 341 g/mol. The topological polar surface area (TPSA) is 71.4 Å². The Morgan fingerprint density at radius 2 is 2.04 bits per heavy atom. The first kappa shape index (κ1) is 16.8. The van der Waals surface area contributed by atoms with E-state index in [9.17, 15) is 9.59 Å². The first-order valence-corrected chi connectivity index (χ1v) is 7.94. The molecule has 2 aliphatic rings. The zero-order valence-electron chi connectivity index (χ0n) is 14.6. The molecule has 0 saturated heterocycles. The Hall–Kier alpha value is -3.09. The number of nitrogens with zero attached hydrogens (tertiary/aromatic N) is 3. The number of hydrogen-bond acceptors (Lipinski definition) is 6. The molecule has 0 aromatic heterocycles. The van der Waals surface area contributed by atoms with E-state index in [0.29, 0.717) is 18.0 Å². The van der Waals surface area contributed by atoms with Gasteiger partial charge in [-0.25, -0.2) is 5.01 Å². The number of ether oxygens (including phenoxy) is 2. The smallest absolute Gasteiger partial charge is 0.309 e. The van der Waals surface area contributed by atoms with Crippen molar-refractivity contribution in [2.45, 2.75) is 20.8 Å². The second-order valence-corrected chi connectivity index (χ2v) is 5.68. The number of benzene rings is 1. The van der Waals surface area contributed by atoms with Crippen LogP contribution in [0.5, 0.6) is 5.75 Å². The summed E-state index contributed by atoms with van der Waals surface area (Å²) in [6.07, 6.45) is 1.76. The van der Waals surface area contributed by atoms with Gasteiger partial charge >= 0.3 is 5.97 Å². The molecule has 1 aromatic rings. The normalized spacial score (nSPS) is 19.8. The number of para-hydroxylation sites is 2. The Bertz CT molecular complexity index is 838. The summed E-state index contributed by atoms with van der Waals surface area (Å²) in [6, 6.07) is 7.71. The van der Waals surface area contributed by atoms with Crippen molar-refractivity contribution >= 4 is 23.5 Å². The average molecular weight is 341 g/mol. The van der Waals surface area contributed by atoms with Gasteiger partial charge in [0, 0.05) is 26.6 Å². The van der Waals surface area contributed by atoms with Crippen LogP contribution in [0.3, 0.4) is 0 Å². The van der Waals surface area contributed by atoms with E-state index in [0.717, 1.165) is 16.4 Å². The van der Waals surface area contributed by atoms with Crippen LogP contribution in [0, 0.1) is 0 Å². The lowest BCUT2D eigenvalue weighted by atomic mass is 10.1. The number of rotatable bonds is 2. The molecule has 25 heavy (non-hydrogen) atoms. The Morgan fingerprint density at radius 3 is 2.72 bits per heavy atom. The number of allylic oxidation sites excluding steroid dienone is 2. The molecule has 0 fully saturated rings. The summed E-state index contributed by atoms with van der Waals surface area (Å²) in [6.45, 7) is 5.76. The zero-order chi connectivity index (χ0) is 18.1. The first-order valence-electron chi connectivity index (χ1n) is 7.94. The Balaban J connectivity index is 2.00. The highest BCUT2D eigenvalue weighted by atomic mass is 16.5. The fourth-order valence-electron chi connectivity index (χ4n) is 2.77. The number of esters is 1. The summed E-state index contributed by atoms with van der Waals surface area (Å²) in [5.41, 5.74) is 1.83. The maximum Gasteiger partial charge on any atom is 0.309 e. The van der Waals surface area contributed by atoms with Gasteiger partial charge in [-0.15, -0.1) is 5.10 Å². The standard InChI is InChI=1S/C18H19N3O4/c1-5-21-13-8-6-7-9-14(13)25-15(21)10-11(2)16-17(24-12(3)22)19-20(4)18(16)23/h6-10H,5H2,1-4H3/b15-10+,16-11+. The van der Waals surface area contributed by atoms with Crippen molar-refractivity contribution < 1.29 is 19.1 Å². The van der Waals surface area contributed by atoms with Gasteiger partial charge < -0.3 is 14.4 Å². The van der Waals surface area contributed by atoms with Crippen LogP contribution in [-0.4, -0.2) is 36.4 Å². The van der Waals surface area contributed by atoms with E-state index in [1.54, 1.807) is 13.0 Å². The molecule has 0 atom stereocenters. The van der Waals surface area contributed by atoms with Gasteiger partial charge in [-0.1, -0.05) is 12.1 Å². The van der Waals surface area contributed by atoms with Gasteiger partial charge in [-0.05, 0) is 31.6 Å². The van der Waals surface area contributed by atoms with Gasteiger partial charge in [-0.2, -0.15) is 0 Å². The quantitative estimate of drug-likeness (QED) is 0.610. The molecule has 2 aliphatic heterocycles. The summed E-state index contributed by atoms with van der Waals surface area (Å²) >= 11 is 0. The van der Waals surface area contributed by atoms with Crippen molar-refractivity contribution in [1.29, 1.82) is 0 Å². The largest absolute Gasteiger partial charge is 0.439 e. The molecule has 0 aliphatic carbocycles. The van der Waals surface area contributed by atoms with E-state index in [1.165, 1.54) is 14.0 Å². The molecule has 130 valence electrons. The lowest BCUT2D eigenvalue weighted by molar-refractivity contribution is -0.133. The SMILES string of the molecule is CCN1/C(=C\C(C)=C2\C(=O)N(C)N=C2OC(C)=O)Oc2ccccc21. The number of carbonyl (C=O) groups is 2. The van der Waals surface area contributed by atoms with Crippen molar-refractivity contribution in [2.24, 2.45) is 5.10 Å². The van der Waals surface area contributed by atoms with E-state index in [-0.39, 0.29) is 17.4 Å². The summed E-state index contributed by atoms with van der Waals surface area (Å²) in [5, 5.41) is 5.13. The fourth-order valence-corrected chi connectivity index (χ4v) is 2.77. The lowest BCUT2D eigenvalue weighted by Gasteiger charge is -2.16. The summed E-state index contributed by atoms with van der Waals surface area (Å²) < 4.78 is 11.0. The van der Waals surface area contributed by atoms with Crippen LogP contribution in [0.15, 0.2) is 52.5 Å². The molecule has 7 heteroatoms. The predicted molar refractivity (Wildman–Crippen MR) is 92.8 cm³/mol. The molecule has 1 amide bonds. The highest BCUT2D eigenvalue weighted by Gasteiger charge is 2.33. The molecule has 0 bridgehead atoms. The minimum atomic E-state index is -0.528. The molecule has 0 spiro atoms. The molecule has 1 aromatic carbocycles. The molecular weight excluding hydrogens is 322 g/mol. The van der Waals surface area contributed by atoms with Crippen molar-refractivity contribution in [2.75, 3.05) is 18.5 Å². The number of carbonyl (C=O) groups excluding carboxylic acids is 2. The Labute approximate surface area is 145 Å². The van der Waals surface area contributed by atoms with Gasteiger partial charge in [0.1, 0.15) is 5.57 Å². The molecule has 0 unspecified atom stereocenters. The lowest BCUT2D eigenvalue weighted by Crippen LogP contribution is -2.21. The van der Waals surface area contributed by atoms with Gasteiger partial charge in [0.05, 0.1) is 5.69 Å². The van der Waals surface area contributed by atoms with Crippen LogP contribution in [0.25, 0.3) is 0 Å². The van der Waals surface area contributed by atoms with Crippen molar-refractivity contribution in [1.82, 2.24) is 5.01 Å². The van der Waals surface area contributed by atoms with Gasteiger partial charge in [0.15, 0.2) is 5.75 Å². The first-order chi connectivity index (χ1) is 11.9. The van der Waals surface area contributed by atoms with Crippen molar-refractivity contribution in [3.05, 3.63) is 47.4 Å². The molecule has 0 saturated carbocycles. The van der Waals surface area contributed by atoms with Crippen LogP contribution in [0.1, 0.15) is 20.8 Å². The average Bonchev–Trinajstić information content (AvgIpc) is 3.03. The van der Waals surface area contributed by atoms with Crippen molar-refractivity contribution in [3.8, 4) is 5.75 Å². The van der Waals surface area contributed by atoms with E-state index in [4.69, 9.17) is 9.47 Å². The minimum Gasteiger partial charge on any atom is -0.439 e. The number of hydrazone groups is 1. The fraction of sp³-hybridized carbons (Fsp3) is 0.278. The van der Waals surface area contributed by atoms with E-state index < -0.39 is 5.97 Å². The molecule has 3 rings (SSSR count). The van der Waals surface area contributed by atoms with Gasteiger partial charge in [-0.3, -0.25) is 9.59 Å². The van der Waals surface area contributed by atoms with Gasteiger partial charge in [0.2, 0.25) is 5.88 Å². The second-order valence-electron chi connectivity index (χ2n) is 5.68. The van der Waals surface area contributed by atoms with Crippen LogP contribution in [-0.2, 0) is 14.3 Å². The van der Waals surface area contributed by atoms with Crippen LogP contribution in [0.2, 0.25) is 0 Å². The number of likely N-dealkylation sites (N-methyl/N-ethyl adjacent to an activating group) is 1. The Kier molecular flexibility index (Phi) is 4.31. The number of amides is 1. The third kappa shape index (κ3) is 3.00. The number of fused-ring (bicyclic) bond motifs is 1. The van der Waals surface area contributed by atoms with Gasteiger partial charge in [0.25, 0.3) is 11.8 Å². The van der Waals surface area contributed by atoms with Crippen LogP contribution >= 0.6 is 0 Å². The summed E-state index contributed by atoms with van der Waals surface area (Å²) in [7, 11) is 1.51. The number of anilines is 1. The van der Waals surface area contributed by atoms with Crippen molar-refractivity contribution in [3.63, 3.8) is 0 Å². The zero-order valence-corrected chi connectivity index (χ0v) is 14.6. The maximum absolute atomic E-state index is 12.4. The van der Waals surface area contributed by atoms with Crippen LogP contribution in [0.4, 0.5) is 5.69 Å². The van der Waals surface area contributed by atoms with Crippen LogP contribution < -0.4 is 9.64 Å². The molecule has 2 heterocycles. The molecule has 7 nitrogen and oxygen atoms in total. The highest BCUT2D eigenvalue weighted by Crippen LogP contribution is 2.38. The maximum atomic E-state index is 12.4. The highest BCUT2D eigenvalue weighted by molar-refractivity contribution is 6.24. The predicted octanol–water partition coefficient (Wildman–Crippen LogP) is 2.41. The second kappa shape index (κ2) is 6.43. The van der Waals surface area contributed by atoms with E-state index in [1.807, 2.05) is 36.1 Å².